The van der Waals surface area contributed by atoms with Crippen LogP contribution in [0.2, 0.25) is 0 Å². The highest BCUT2D eigenvalue weighted by Gasteiger charge is 2.26. The molecule has 6 heteroatoms. The second-order valence-corrected chi connectivity index (χ2v) is 7.59. The predicted molar refractivity (Wildman–Crippen MR) is 92.3 cm³/mol. The van der Waals surface area contributed by atoms with Gasteiger partial charge in [0.15, 0.2) is 0 Å². The summed E-state index contributed by atoms with van der Waals surface area (Å²) in [5, 5.41) is 15.3. The van der Waals surface area contributed by atoms with Crippen molar-refractivity contribution in [2.24, 2.45) is 11.3 Å². The van der Waals surface area contributed by atoms with Gasteiger partial charge in [0.05, 0.1) is 11.2 Å². The Morgan fingerprint density at radius 1 is 1.21 bits per heavy atom. The first kappa shape index (κ1) is 20.1. The summed E-state index contributed by atoms with van der Waals surface area (Å²) in [6.45, 7) is 10.5. The molecule has 1 aromatic carbocycles. The molecule has 5 nitrogen and oxygen atoms in total. The fourth-order valence-electron chi connectivity index (χ4n) is 1.65. The molecule has 0 aliphatic carbocycles. The van der Waals surface area contributed by atoms with E-state index in [2.05, 4.69) is 10.6 Å². The fraction of sp³-hybridized carbons (Fsp3) is 0.556. The molecular formula is C18H27FN2O3. The molecule has 0 heterocycles. The zero-order valence-corrected chi connectivity index (χ0v) is 15.2. The normalized spacial score (nSPS) is 14.2. The van der Waals surface area contributed by atoms with Crippen molar-refractivity contribution in [1.82, 2.24) is 5.32 Å². The molecule has 0 saturated carbocycles. The number of anilines is 1. The average molecular weight is 338 g/mol. The summed E-state index contributed by atoms with van der Waals surface area (Å²) in [6, 6.07) is 3.83. The van der Waals surface area contributed by atoms with Crippen LogP contribution in [0.1, 0.15) is 51.9 Å². The lowest BCUT2D eigenvalue weighted by atomic mass is 9.92. The molecule has 0 aromatic heterocycles. The van der Waals surface area contributed by atoms with E-state index in [1.807, 2.05) is 13.8 Å². The van der Waals surface area contributed by atoms with E-state index < -0.39 is 22.7 Å². The highest BCUT2D eigenvalue weighted by atomic mass is 19.1. The number of halogens is 1. The second kappa shape index (κ2) is 7.30. The van der Waals surface area contributed by atoms with Gasteiger partial charge in [-0.3, -0.25) is 9.59 Å². The molecule has 1 atom stereocenters. The SMILES string of the molecule is CC(C)C(C)(O)CNC(=O)c1cc(NC(=O)C(C)(C)C)ccc1F. The van der Waals surface area contributed by atoms with Crippen LogP contribution in [0.25, 0.3) is 0 Å². The van der Waals surface area contributed by atoms with E-state index in [0.717, 1.165) is 6.07 Å². The van der Waals surface area contributed by atoms with Crippen LogP contribution in [0, 0.1) is 17.2 Å². The van der Waals surface area contributed by atoms with Gasteiger partial charge in [-0.25, -0.2) is 4.39 Å². The first-order valence-corrected chi connectivity index (χ1v) is 7.96. The molecule has 0 radical (unpaired) electrons. The van der Waals surface area contributed by atoms with Crippen LogP contribution in [0.15, 0.2) is 18.2 Å². The van der Waals surface area contributed by atoms with Crippen LogP contribution in [-0.4, -0.2) is 29.1 Å². The molecule has 0 saturated heterocycles. The van der Waals surface area contributed by atoms with Crippen molar-refractivity contribution < 1.29 is 19.1 Å². The van der Waals surface area contributed by atoms with Crippen molar-refractivity contribution in [2.45, 2.75) is 47.1 Å². The molecule has 0 aliphatic heterocycles. The van der Waals surface area contributed by atoms with E-state index in [4.69, 9.17) is 0 Å². The average Bonchev–Trinajstić information content (AvgIpc) is 2.45. The number of benzene rings is 1. The van der Waals surface area contributed by atoms with Gasteiger partial charge in [-0.2, -0.15) is 0 Å². The highest BCUT2D eigenvalue weighted by molar-refractivity contribution is 5.98. The third kappa shape index (κ3) is 5.30. The van der Waals surface area contributed by atoms with Crippen molar-refractivity contribution in [3.05, 3.63) is 29.6 Å². The van der Waals surface area contributed by atoms with Crippen LogP contribution in [-0.2, 0) is 4.79 Å². The lowest BCUT2D eigenvalue weighted by molar-refractivity contribution is -0.123. The van der Waals surface area contributed by atoms with Crippen LogP contribution >= 0.6 is 0 Å². The number of carbonyl (C=O) groups is 2. The molecule has 0 spiro atoms. The molecular weight excluding hydrogens is 311 g/mol. The maximum absolute atomic E-state index is 13.9. The van der Waals surface area contributed by atoms with Gasteiger partial charge in [0.25, 0.3) is 5.91 Å². The first-order valence-electron chi connectivity index (χ1n) is 7.96. The van der Waals surface area contributed by atoms with Crippen molar-refractivity contribution in [1.29, 1.82) is 0 Å². The first-order chi connectivity index (χ1) is 10.8. The standard InChI is InChI=1S/C18H27FN2O3/c1-11(2)18(6,24)10-20-15(22)13-9-12(7-8-14(13)19)21-16(23)17(3,4)5/h7-9,11,24H,10H2,1-6H3,(H,20,22)(H,21,23). The summed E-state index contributed by atoms with van der Waals surface area (Å²) < 4.78 is 13.9. The largest absolute Gasteiger partial charge is 0.388 e. The van der Waals surface area contributed by atoms with Crippen molar-refractivity contribution in [3.63, 3.8) is 0 Å². The summed E-state index contributed by atoms with van der Waals surface area (Å²) >= 11 is 0. The number of aliphatic hydroxyl groups is 1. The quantitative estimate of drug-likeness (QED) is 0.772. The number of hydrogen-bond acceptors (Lipinski definition) is 3. The number of carbonyl (C=O) groups excluding carboxylic acids is 2. The summed E-state index contributed by atoms with van der Waals surface area (Å²) in [5.74, 6) is -1.63. The molecule has 0 fully saturated rings. The van der Waals surface area contributed by atoms with Crippen LogP contribution in [0.3, 0.4) is 0 Å². The zero-order valence-electron chi connectivity index (χ0n) is 15.2. The summed E-state index contributed by atoms with van der Waals surface area (Å²) in [6.07, 6.45) is 0. The zero-order chi connectivity index (χ0) is 18.7. The monoisotopic (exact) mass is 338 g/mol. The summed E-state index contributed by atoms with van der Waals surface area (Å²) in [4.78, 5) is 24.2. The van der Waals surface area contributed by atoms with Crippen molar-refractivity contribution in [2.75, 3.05) is 11.9 Å². The topological polar surface area (TPSA) is 78.4 Å². The van der Waals surface area contributed by atoms with Crippen LogP contribution < -0.4 is 10.6 Å². The Labute approximate surface area is 142 Å². The van der Waals surface area contributed by atoms with Gasteiger partial charge in [0.2, 0.25) is 5.91 Å². The van der Waals surface area contributed by atoms with Gasteiger partial charge in [-0.15, -0.1) is 0 Å². The molecule has 134 valence electrons. The lowest BCUT2D eigenvalue weighted by Gasteiger charge is -2.27. The maximum atomic E-state index is 13.9. The van der Waals surface area contributed by atoms with E-state index >= 15 is 0 Å². The van der Waals surface area contributed by atoms with Crippen molar-refractivity contribution in [3.8, 4) is 0 Å². The third-order valence-electron chi connectivity index (χ3n) is 4.00. The van der Waals surface area contributed by atoms with E-state index in [1.54, 1.807) is 27.7 Å². The molecule has 1 rings (SSSR count). The smallest absolute Gasteiger partial charge is 0.254 e. The fourth-order valence-corrected chi connectivity index (χ4v) is 1.65. The molecule has 1 aromatic rings. The number of nitrogens with one attached hydrogen (secondary N) is 2. The van der Waals surface area contributed by atoms with Gasteiger partial charge < -0.3 is 15.7 Å². The molecule has 0 aliphatic rings. The second-order valence-electron chi connectivity index (χ2n) is 7.59. The van der Waals surface area contributed by atoms with E-state index in [9.17, 15) is 19.1 Å². The van der Waals surface area contributed by atoms with Gasteiger partial charge >= 0.3 is 0 Å². The van der Waals surface area contributed by atoms with Gasteiger partial charge in [0.1, 0.15) is 5.82 Å². The van der Waals surface area contributed by atoms with Crippen molar-refractivity contribution >= 4 is 17.5 Å². The molecule has 24 heavy (non-hydrogen) atoms. The predicted octanol–water partition coefficient (Wildman–Crippen LogP) is 2.95. The van der Waals surface area contributed by atoms with Gasteiger partial charge in [-0.05, 0) is 31.0 Å². The summed E-state index contributed by atoms with van der Waals surface area (Å²) in [5.41, 5.74) is -1.53. The van der Waals surface area contributed by atoms with E-state index in [-0.39, 0.29) is 23.9 Å². The van der Waals surface area contributed by atoms with E-state index in [0.29, 0.717) is 5.69 Å². The van der Waals surface area contributed by atoms with Crippen LogP contribution in [0.5, 0.6) is 0 Å². The van der Waals surface area contributed by atoms with Gasteiger partial charge in [-0.1, -0.05) is 34.6 Å². The molecule has 3 N–H and O–H groups in total. The van der Waals surface area contributed by atoms with Crippen LogP contribution in [0.4, 0.5) is 10.1 Å². The Bertz CT molecular complexity index is 619. The minimum atomic E-state index is -1.09. The third-order valence-corrected chi connectivity index (χ3v) is 4.00. The van der Waals surface area contributed by atoms with E-state index in [1.165, 1.54) is 12.1 Å². The number of rotatable bonds is 5. The molecule has 1 unspecified atom stereocenters. The Morgan fingerprint density at radius 3 is 2.29 bits per heavy atom. The Kier molecular flexibility index (Phi) is 6.11. The Hall–Kier alpha value is -1.95. The Balaban J connectivity index is 2.90. The Morgan fingerprint density at radius 2 is 1.79 bits per heavy atom. The minimum Gasteiger partial charge on any atom is -0.388 e. The van der Waals surface area contributed by atoms with Gasteiger partial charge in [0, 0.05) is 17.6 Å². The minimum absolute atomic E-state index is 0.00151. The maximum Gasteiger partial charge on any atom is 0.254 e. The number of hydrogen-bond donors (Lipinski definition) is 3. The lowest BCUT2D eigenvalue weighted by Crippen LogP contribution is -2.44. The number of amides is 2. The molecule has 2 amide bonds. The summed E-state index contributed by atoms with van der Waals surface area (Å²) in [7, 11) is 0. The highest BCUT2D eigenvalue weighted by Crippen LogP contribution is 2.20. The molecule has 0 bridgehead atoms.